The predicted octanol–water partition coefficient (Wildman–Crippen LogP) is 12.8. The molecule has 0 bridgehead atoms. The van der Waals surface area contributed by atoms with Crippen LogP contribution >= 0.6 is 0 Å². The molecular formula is C50H32N4O. The van der Waals surface area contributed by atoms with Crippen molar-refractivity contribution in [3.05, 3.63) is 187 Å². The van der Waals surface area contributed by atoms with Crippen LogP contribution < -0.4 is 5.32 Å². The Balaban J connectivity index is 0.956. The number of aromatic nitrogens is 2. The Bertz CT molecular complexity index is 3360. The molecule has 1 aliphatic rings. The second kappa shape index (κ2) is 11.6. The molecule has 5 heteroatoms. The van der Waals surface area contributed by atoms with E-state index in [4.69, 9.17) is 4.42 Å². The monoisotopic (exact) mass is 704 g/mol. The fourth-order valence-electron chi connectivity index (χ4n) is 8.87. The number of benzene rings is 8. The molecule has 1 atom stereocenters. The molecule has 0 saturated carbocycles. The highest BCUT2D eigenvalue weighted by Crippen LogP contribution is 2.42. The topological polar surface area (TPSA) is 47.4 Å². The maximum atomic E-state index is 6.32. The zero-order valence-corrected chi connectivity index (χ0v) is 29.6. The van der Waals surface area contributed by atoms with E-state index in [9.17, 15) is 0 Å². The maximum Gasteiger partial charge on any atom is 0.157 e. The normalized spacial score (nSPS) is 14.1. The molecule has 0 spiro atoms. The Morgan fingerprint density at radius 2 is 1.02 bits per heavy atom. The number of hydrogen-bond acceptors (Lipinski definition) is 3. The highest BCUT2D eigenvalue weighted by Gasteiger charge is 2.26. The van der Waals surface area contributed by atoms with Crippen molar-refractivity contribution in [1.82, 2.24) is 14.5 Å². The fourth-order valence-corrected chi connectivity index (χ4v) is 8.87. The number of fused-ring (bicyclic) bond motifs is 10. The Morgan fingerprint density at radius 3 is 1.73 bits per heavy atom. The van der Waals surface area contributed by atoms with E-state index in [2.05, 4.69) is 177 Å². The van der Waals surface area contributed by atoms with Crippen LogP contribution in [0.4, 0.5) is 5.69 Å². The van der Waals surface area contributed by atoms with Crippen LogP contribution in [0.15, 0.2) is 185 Å². The van der Waals surface area contributed by atoms with Gasteiger partial charge in [-0.25, -0.2) is 4.99 Å². The molecule has 3 aromatic heterocycles. The van der Waals surface area contributed by atoms with E-state index in [0.29, 0.717) is 0 Å². The minimum Gasteiger partial charge on any atom is -0.456 e. The number of hydrogen-bond donors (Lipinski definition) is 1. The quantitative estimate of drug-likeness (QED) is 0.198. The minimum absolute atomic E-state index is 0.117. The van der Waals surface area contributed by atoms with Gasteiger partial charge in [-0.05, 0) is 100 Å². The number of nitrogens with zero attached hydrogens (tertiary/aromatic N) is 3. The summed E-state index contributed by atoms with van der Waals surface area (Å²) in [4.78, 5) is 4.63. The Hall–Kier alpha value is -7.37. The number of para-hydroxylation sites is 3. The van der Waals surface area contributed by atoms with E-state index in [-0.39, 0.29) is 6.04 Å². The molecule has 0 saturated heterocycles. The van der Waals surface area contributed by atoms with Gasteiger partial charge in [0.2, 0.25) is 0 Å². The van der Waals surface area contributed by atoms with Gasteiger partial charge in [-0.3, -0.25) is 0 Å². The minimum atomic E-state index is -0.117. The number of rotatable bonds is 4. The lowest BCUT2D eigenvalue weighted by Gasteiger charge is -2.20. The molecule has 0 aliphatic carbocycles. The van der Waals surface area contributed by atoms with Crippen molar-refractivity contribution >= 4 is 77.4 Å². The molecule has 55 heavy (non-hydrogen) atoms. The molecule has 12 rings (SSSR count). The van der Waals surface area contributed by atoms with Crippen molar-refractivity contribution in [3.63, 3.8) is 0 Å². The number of nitrogens with one attached hydrogen (secondary N) is 1. The van der Waals surface area contributed by atoms with Gasteiger partial charge in [0.1, 0.15) is 17.3 Å². The summed E-state index contributed by atoms with van der Waals surface area (Å²) in [6.07, 6.45) is 1.79. The molecule has 1 aliphatic heterocycles. The van der Waals surface area contributed by atoms with Gasteiger partial charge in [0.05, 0.1) is 28.4 Å². The SMILES string of the molecule is C1=Nc2c(oc3ccccc23)C(c2ccc(-n3c4ccccc4c4cc(-c5ccc6c(c5)c5ccccc5n6-c5ccc6ccccc6c5)ccc43)cc2)N1. The summed E-state index contributed by atoms with van der Waals surface area (Å²) in [7, 11) is 0. The maximum absolute atomic E-state index is 6.32. The van der Waals surface area contributed by atoms with Crippen LogP contribution in [-0.2, 0) is 0 Å². The van der Waals surface area contributed by atoms with Crippen molar-refractivity contribution in [2.75, 3.05) is 0 Å². The fraction of sp³-hybridized carbons (Fsp3) is 0.0200. The van der Waals surface area contributed by atoms with Crippen molar-refractivity contribution < 1.29 is 4.42 Å². The van der Waals surface area contributed by atoms with Gasteiger partial charge >= 0.3 is 0 Å². The molecule has 0 radical (unpaired) electrons. The molecule has 5 nitrogen and oxygen atoms in total. The average Bonchev–Trinajstić information content (AvgIpc) is 3.91. The van der Waals surface area contributed by atoms with E-state index < -0.39 is 0 Å². The van der Waals surface area contributed by atoms with Crippen molar-refractivity contribution in [2.45, 2.75) is 6.04 Å². The number of furan rings is 1. The Kier molecular flexibility index (Phi) is 6.33. The molecular weight excluding hydrogens is 673 g/mol. The van der Waals surface area contributed by atoms with Crippen LogP contribution in [0.25, 0.3) is 87.9 Å². The number of aliphatic imine (C=N–C) groups is 1. The van der Waals surface area contributed by atoms with Gasteiger partial charge < -0.3 is 18.9 Å². The van der Waals surface area contributed by atoms with Crippen LogP contribution in [0.1, 0.15) is 17.4 Å². The van der Waals surface area contributed by atoms with E-state index >= 15 is 0 Å². The summed E-state index contributed by atoms with van der Waals surface area (Å²) in [5, 5.41) is 11.9. The average molecular weight is 705 g/mol. The summed E-state index contributed by atoms with van der Waals surface area (Å²) in [5.41, 5.74) is 12.3. The predicted molar refractivity (Wildman–Crippen MR) is 227 cm³/mol. The van der Waals surface area contributed by atoms with Gasteiger partial charge in [-0.1, -0.05) is 103 Å². The smallest absolute Gasteiger partial charge is 0.157 e. The largest absolute Gasteiger partial charge is 0.456 e. The molecule has 4 heterocycles. The third-order valence-corrected chi connectivity index (χ3v) is 11.4. The van der Waals surface area contributed by atoms with Crippen molar-refractivity contribution in [2.24, 2.45) is 4.99 Å². The van der Waals surface area contributed by atoms with Gasteiger partial charge in [0.15, 0.2) is 5.76 Å². The van der Waals surface area contributed by atoms with Gasteiger partial charge in [0, 0.05) is 38.3 Å². The summed E-state index contributed by atoms with van der Waals surface area (Å²) in [6.45, 7) is 0. The first-order valence-electron chi connectivity index (χ1n) is 18.7. The standard InChI is InChI=1S/C50H32N4O/c1-2-10-33-27-37(24-17-31(33)9-1)54-44-15-7-4-12-39(44)42-29-35(21-26-46(42)54)34-20-25-45-41(28-34)38-11-3-6-14-43(38)53(45)36-22-18-32(19-23-36)48-50-49(52-30-51-48)40-13-5-8-16-47(40)55-50/h1-30,48H,(H,51,52). The van der Waals surface area contributed by atoms with Crippen LogP contribution in [0, 0.1) is 0 Å². The highest BCUT2D eigenvalue weighted by molar-refractivity contribution is 6.13. The lowest BCUT2D eigenvalue weighted by atomic mass is 10.0. The highest BCUT2D eigenvalue weighted by atomic mass is 16.3. The Morgan fingerprint density at radius 1 is 0.455 bits per heavy atom. The van der Waals surface area contributed by atoms with E-state index in [1.165, 1.54) is 71.2 Å². The molecule has 0 amide bonds. The Labute approximate surface area is 316 Å². The second-order valence-corrected chi connectivity index (χ2v) is 14.5. The van der Waals surface area contributed by atoms with E-state index in [1.54, 1.807) is 6.34 Å². The van der Waals surface area contributed by atoms with Gasteiger partial charge in [-0.15, -0.1) is 0 Å². The van der Waals surface area contributed by atoms with Crippen molar-refractivity contribution in [3.8, 4) is 22.5 Å². The van der Waals surface area contributed by atoms with E-state index in [1.807, 2.05) is 18.2 Å². The third kappa shape index (κ3) is 4.50. The first-order chi connectivity index (χ1) is 27.3. The zero-order valence-electron chi connectivity index (χ0n) is 29.6. The lowest BCUT2D eigenvalue weighted by molar-refractivity contribution is 0.506. The van der Waals surface area contributed by atoms with Crippen LogP contribution in [-0.4, -0.2) is 15.5 Å². The first kappa shape index (κ1) is 30.1. The molecule has 0 fully saturated rings. The molecule has 1 unspecified atom stereocenters. The summed E-state index contributed by atoms with van der Waals surface area (Å²) < 4.78 is 11.1. The van der Waals surface area contributed by atoms with Crippen LogP contribution in [0.2, 0.25) is 0 Å². The molecule has 8 aromatic carbocycles. The van der Waals surface area contributed by atoms with Gasteiger partial charge in [-0.2, -0.15) is 0 Å². The molecule has 11 aromatic rings. The summed E-state index contributed by atoms with van der Waals surface area (Å²) >= 11 is 0. The van der Waals surface area contributed by atoms with Crippen molar-refractivity contribution in [1.29, 1.82) is 0 Å². The van der Waals surface area contributed by atoms with E-state index in [0.717, 1.165) is 33.7 Å². The van der Waals surface area contributed by atoms with Crippen LogP contribution in [0.3, 0.4) is 0 Å². The molecule has 1 N–H and O–H groups in total. The molecule has 258 valence electrons. The van der Waals surface area contributed by atoms with Crippen LogP contribution in [0.5, 0.6) is 0 Å². The zero-order chi connectivity index (χ0) is 36.0. The second-order valence-electron chi connectivity index (χ2n) is 14.5. The summed E-state index contributed by atoms with van der Waals surface area (Å²) in [6, 6.07) is 63.4. The van der Waals surface area contributed by atoms with Gasteiger partial charge in [0.25, 0.3) is 0 Å². The first-order valence-corrected chi connectivity index (χ1v) is 18.7. The lowest BCUT2D eigenvalue weighted by Crippen LogP contribution is -2.23. The third-order valence-electron chi connectivity index (χ3n) is 11.4. The summed E-state index contributed by atoms with van der Waals surface area (Å²) in [5.74, 6) is 0.845.